The van der Waals surface area contributed by atoms with E-state index < -0.39 is 9.84 Å². The molecular weight excluding hydrogens is 310 g/mol. The molecule has 0 fully saturated rings. The number of thiophene rings is 1. The second-order valence-corrected chi connectivity index (χ2v) is 8.34. The van der Waals surface area contributed by atoms with Crippen LogP contribution in [-0.2, 0) is 9.84 Å². The summed E-state index contributed by atoms with van der Waals surface area (Å²) in [5, 5.41) is 12.5. The predicted molar refractivity (Wildman–Crippen MR) is 85.4 cm³/mol. The number of ketones is 1. The van der Waals surface area contributed by atoms with E-state index in [4.69, 9.17) is 11.0 Å². The summed E-state index contributed by atoms with van der Waals surface area (Å²) in [4.78, 5) is 12.4. The highest BCUT2D eigenvalue weighted by molar-refractivity contribution is 7.91. The third kappa shape index (κ3) is 4.19. The third-order valence-corrected chi connectivity index (χ3v) is 5.83. The summed E-state index contributed by atoms with van der Waals surface area (Å²) in [6.07, 6.45) is 0. The van der Waals surface area contributed by atoms with Crippen LogP contribution in [0, 0.1) is 17.2 Å². The van der Waals surface area contributed by atoms with Gasteiger partial charge in [0.25, 0.3) is 0 Å². The number of carbonyl (C=O) groups excluding carboxylic acids is 1. The zero-order chi connectivity index (χ0) is 16.2. The van der Waals surface area contributed by atoms with Crippen molar-refractivity contribution in [2.45, 2.75) is 20.8 Å². The number of Topliss-reactive ketones (excluding diaryl/α,β-unsaturated/α-hetero) is 1. The Labute approximate surface area is 128 Å². The highest BCUT2D eigenvalue weighted by Gasteiger charge is 2.22. The molecule has 0 aliphatic rings. The third-order valence-electron chi connectivity index (χ3n) is 2.94. The van der Waals surface area contributed by atoms with E-state index in [1.165, 1.54) is 0 Å². The van der Waals surface area contributed by atoms with Gasteiger partial charge in [0.05, 0.1) is 16.3 Å². The second kappa shape index (κ2) is 6.91. The Kier molecular flexibility index (Phi) is 5.75. The molecule has 0 atom stereocenters. The van der Waals surface area contributed by atoms with Crippen molar-refractivity contribution in [3.8, 4) is 6.07 Å². The van der Waals surface area contributed by atoms with E-state index in [1.54, 1.807) is 20.8 Å². The largest absolute Gasteiger partial charge is 0.396 e. The number of nitrogen functional groups attached to an aromatic ring is 1. The molecule has 6 nitrogen and oxygen atoms in total. The Morgan fingerprint density at radius 2 is 2.10 bits per heavy atom. The first-order valence-electron chi connectivity index (χ1n) is 6.54. The fraction of sp³-hybridized carbons (Fsp3) is 0.538. The number of anilines is 2. The first-order chi connectivity index (χ1) is 9.73. The van der Waals surface area contributed by atoms with Gasteiger partial charge in [-0.25, -0.2) is 8.42 Å². The number of rotatable bonds is 7. The number of carbonyl (C=O) groups is 1. The van der Waals surface area contributed by atoms with Gasteiger partial charge in [0.1, 0.15) is 16.6 Å². The van der Waals surface area contributed by atoms with Gasteiger partial charge in [0, 0.05) is 18.2 Å². The molecule has 0 radical (unpaired) electrons. The Bertz CT molecular complexity index is 670. The monoisotopic (exact) mass is 329 g/mol. The lowest BCUT2D eigenvalue weighted by molar-refractivity contribution is 0.0944. The van der Waals surface area contributed by atoms with Gasteiger partial charge in [-0.15, -0.1) is 11.3 Å². The van der Waals surface area contributed by atoms with Gasteiger partial charge in [0.2, 0.25) is 0 Å². The molecule has 0 saturated carbocycles. The number of sulfone groups is 1. The summed E-state index contributed by atoms with van der Waals surface area (Å²) in [5.74, 6) is -0.294. The van der Waals surface area contributed by atoms with Crippen LogP contribution in [0.5, 0.6) is 0 Å². The molecule has 1 aromatic rings. The first-order valence-corrected chi connectivity index (χ1v) is 9.18. The molecule has 0 aliphatic carbocycles. The van der Waals surface area contributed by atoms with Crippen molar-refractivity contribution >= 4 is 37.6 Å². The molecule has 8 heteroatoms. The predicted octanol–water partition coefficient (Wildman–Crippen LogP) is 1.89. The van der Waals surface area contributed by atoms with Crippen molar-refractivity contribution < 1.29 is 13.2 Å². The van der Waals surface area contributed by atoms with Gasteiger partial charge >= 0.3 is 0 Å². The zero-order valence-corrected chi connectivity index (χ0v) is 13.9. The molecule has 116 valence electrons. The van der Waals surface area contributed by atoms with Crippen molar-refractivity contribution in [1.82, 2.24) is 0 Å². The van der Waals surface area contributed by atoms with E-state index in [0.717, 1.165) is 11.3 Å². The SMILES string of the molecule is CCS(=O)(=O)CCNc1sc(C(=O)C(C)C)c(N)c1C#N. The Morgan fingerprint density at radius 3 is 2.57 bits per heavy atom. The van der Waals surface area contributed by atoms with Gasteiger partial charge in [0.15, 0.2) is 15.6 Å². The quantitative estimate of drug-likeness (QED) is 0.739. The van der Waals surface area contributed by atoms with Gasteiger partial charge < -0.3 is 11.1 Å². The minimum atomic E-state index is -3.08. The standard InChI is InChI=1S/C13H19N3O3S2/c1-4-21(18,19)6-5-16-13-9(7-14)10(15)12(20-13)11(17)8(2)3/h8,16H,4-6,15H2,1-3H3. The average molecular weight is 329 g/mol. The summed E-state index contributed by atoms with van der Waals surface area (Å²) in [5.41, 5.74) is 6.22. The van der Waals surface area contributed by atoms with Crippen LogP contribution < -0.4 is 11.1 Å². The topological polar surface area (TPSA) is 113 Å². The fourth-order valence-corrected chi connectivity index (χ4v) is 3.48. The smallest absolute Gasteiger partial charge is 0.177 e. The zero-order valence-electron chi connectivity index (χ0n) is 12.3. The van der Waals surface area contributed by atoms with E-state index in [1.807, 2.05) is 6.07 Å². The van der Waals surface area contributed by atoms with Crippen molar-refractivity contribution in [3.05, 3.63) is 10.4 Å². The van der Waals surface area contributed by atoms with Gasteiger partial charge in [-0.2, -0.15) is 5.26 Å². The Balaban J connectivity index is 2.96. The van der Waals surface area contributed by atoms with Crippen molar-refractivity contribution in [2.24, 2.45) is 5.92 Å². The molecule has 0 unspecified atom stereocenters. The molecule has 3 N–H and O–H groups in total. The maximum absolute atomic E-state index is 12.0. The molecule has 0 aromatic carbocycles. The van der Waals surface area contributed by atoms with Gasteiger partial charge in [-0.3, -0.25) is 4.79 Å². The summed E-state index contributed by atoms with van der Waals surface area (Å²) < 4.78 is 22.9. The van der Waals surface area contributed by atoms with Crippen LogP contribution in [0.2, 0.25) is 0 Å². The highest BCUT2D eigenvalue weighted by Crippen LogP contribution is 2.36. The van der Waals surface area contributed by atoms with Crippen LogP contribution >= 0.6 is 11.3 Å². The van der Waals surface area contributed by atoms with Crippen LogP contribution in [-0.4, -0.2) is 32.3 Å². The highest BCUT2D eigenvalue weighted by atomic mass is 32.2. The lowest BCUT2D eigenvalue weighted by atomic mass is 10.1. The maximum atomic E-state index is 12.0. The average Bonchev–Trinajstić information content (AvgIpc) is 2.73. The van der Waals surface area contributed by atoms with Crippen LogP contribution in [0.25, 0.3) is 0 Å². The van der Waals surface area contributed by atoms with Crippen LogP contribution in [0.4, 0.5) is 10.7 Å². The molecule has 0 aliphatic heterocycles. The van der Waals surface area contributed by atoms with E-state index in [2.05, 4.69) is 5.32 Å². The minimum absolute atomic E-state index is 0.0281. The molecule has 0 spiro atoms. The first kappa shape index (κ1) is 17.5. The number of nitrogens with one attached hydrogen (secondary N) is 1. The Hall–Kier alpha value is -1.59. The molecule has 0 bridgehead atoms. The molecule has 21 heavy (non-hydrogen) atoms. The molecule has 1 aromatic heterocycles. The fourth-order valence-electron chi connectivity index (χ4n) is 1.59. The van der Waals surface area contributed by atoms with E-state index >= 15 is 0 Å². The molecular formula is C13H19N3O3S2. The maximum Gasteiger partial charge on any atom is 0.177 e. The van der Waals surface area contributed by atoms with Crippen LogP contribution in [0.3, 0.4) is 0 Å². The minimum Gasteiger partial charge on any atom is -0.396 e. The summed E-state index contributed by atoms with van der Waals surface area (Å²) in [6, 6.07) is 1.96. The van der Waals surface area contributed by atoms with E-state index in [0.29, 0.717) is 9.88 Å². The van der Waals surface area contributed by atoms with E-state index in [-0.39, 0.29) is 41.0 Å². The molecule has 1 heterocycles. The van der Waals surface area contributed by atoms with Crippen LogP contribution in [0.1, 0.15) is 36.0 Å². The molecule has 0 amide bonds. The number of nitriles is 1. The van der Waals surface area contributed by atoms with Crippen molar-refractivity contribution in [2.75, 3.05) is 29.1 Å². The lowest BCUT2D eigenvalue weighted by Crippen LogP contribution is -2.17. The second-order valence-electron chi connectivity index (χ2n) is 4.84. The lowest BCUT2D eigenvalue weighted by Gasteiger charge is -2.04. The normalized spacial score (nSPS) is 11.4. The van der Waals surface area contributed by atoms with Gasteiger partial charge in [-0.1, -0.05) is 20.8 Å². The Morgan fingerprint density at radius 1 is 1.48 bits per heavy atom. The van der Waals surface area contributed by atoms with Gasteiger partial charge in [-0.05, 0) is 0 Å². The summed E-state index contributed by atoms with van der Waals surface area (Å²) in [6.45, 7) is 5.28. The number of nitrogens with two attached hydrogens (primary N) is 1. The van der Waals surface area contributed by atoms with Crippen LogP contribution in [0.15, 0.2) is 0 Å². The summed E-state index contributed by atoms with van der Waals surface area (Å²) in [7, 11) is -3.08. The van der Waals surface area contributed by atoms with Crippen molar-refractivity contribution in [3.63, 3.8) is 0 Å². The van der Waals surface area contributed by atoms with E-state index in [9.17, 15) is 13.2 Å². The number of hydrogen-bond donors (Lipinski definition) is 2. The molecule has 0 saturated heterocycles. The number of hydrogen-bond acceptors (Lipinski definition) is 7. The molecule has 1 rings (SSSR count). The number of nitrogens with zero attached hydrogens (tertiary/aromatic N) is 1. The summed E-state index contributed by atoms with van der Waals surface area (Å²) >= 11 is 1.10. The van der Waals surface area contributed by atoms with Crippen molar-refractivity contribution in [1.29, 1.82) is 5.26 Å².